The van der Waals surface area contributed by atoms with Crippen molar-refractivity contribution in [3.8, 4) is 0 Å². The van der Waals surface area contributed by atoms with Crippen LogP contribution in [0.4, 0.5) is 0 Å². The Morgan fingerprint density at radius 1 is 1.10 bits per heavy atom. The lowest BCUT2D eigenvalue weighted by Crippen LogP contribution is -2.24. The average Bonchev–Trinajstić information content (AvgIpc) is 3.09. The van der Waals surface area contributed by atoms with E-state index < -0.39 is 5.97 Å². The average molecular weight is 433 g/mol. The minimum atomic E-state index is -1.00. The third-order valence-corrected chi connectivity index (χ3v) is 5.45. The fraction of sp³-hybridized carbons (Fsp3) is 0.273. The Balaban J connectivity index is 2.23. The number of nitrogens with zero attached hydrogens (tertiary/aromatic N) is 2. The number of aryl methyl sites for hydroxylation is 1. The van der Waals surface area contributed by atoms with E-state index in [4.69, 9.17) is 23.2 Å². The van der Waals surface area contributed by atoms with Gasteiger partial charge >= 0.3 is 5.97 Å². The number of aromatic carboxylic acids is 1. The minimum Gasteiger partial charge on any atom is -0.478 e. The second-order valence-corrected chi connectivity index (χ2v) is 8.20. The van der Waals surface area contributed by atoms with Crippen LogP contribution in [-0.2, 0) is 13.5 Å². The molecule has 1 N–H and O–H groups in total. The van der Waals surface area contributed by atoms with Crippen molar-refractivity contribution >= 4 is 29.2 Å². The van der Waals surface area contributed by atoms with Gasteiger partial charge in [-0.1, -0.05) is 35.3 Å². The molecule has 0 aliphatic heterocycles. The van der Waals surface area contributed by atoms with E-state index in [9.17, 15) is 14.7 Å². The summed E-state index contributed by atoms with van der Waals surface area (Å²) in [5.41, 5.74) is 2.11. The van der Waals surface area contributed by atoms with Crippen molar-refractivity contribution in [2.24, 2.45) is 7.05 Å². The van der Waals surface area contributed by atoms with Crippen molar-refractivity contribution in [1.29, 1.82) is 0 Å². The highest BCUT2D eigenvalue weighted by Gasteiger charge is 2.27. The topological polar surface area (TPSA) is 64.2 Å². The normalized spacial score (nSPS) is 12.3. The van der Waals surface area contributed by atoms with E-state index in [1.165, 1.54) is 4.57 Å². The predicted octanol–water partition coefficient (Wildman–Crippen LogP) is 5.15. The molecule has 0 amide bonds. The molecule has 0 aliphatic carbocycles. The third-order valence-electron chi connectivity index (χ3n) is 4.99. The summed E-state index contributed by atoms with van der Waals surface area (Å²) < 4.78 is 3.38. The Morgan fingerprint density at radius 2 is 1.76 bits per heavy atom. The van der Waals surface area contributed by atoms with Crippen molar-refractivity contribution in [3.63, 3.8) is 0 Å². The SMILES string of the molecule is CC(C)n1ccc(C(=O)O)c1C(Cc1cc(Cl)cn(C)c1=O)c1ccc(Cl)cc1. The summed E-state index contributed by atoms with van der Waals surface area (Å²) in [5.74, 6) is -1.36. The van der Waals surface area contributed by atoms with E-state index in [-0.39, 0.29) is 23.1 Å². The number of pyridine rings is 1. The zero-order valence-electron chi connectivity index (χ0n) is 16.4. The van der Waals surface area contributed by atoms with Crippen LogP contribution in [0.3, 0.4) is 0 Å². The van der Waals surface area contributed by atoms with Crippen LogP contribution in [0.1, 0.15) is 53.0 Å². The Labute approximate surface area is 179 Å². The maximum atomic E-state index is 12.7. The van der Waals surface area contributed by atoms with Gasteiger partial charge in [0.1, 0.15) is 0 Å². The van der Waals surface area contributed by atoms with Crippen LogP contribution < -0.4 is 5.56 Å². The summed E-state index contributed by atoms with van der Waals surface area (Å²) in [7, 11) is 1.65. The van der Waals surface area contributed by atoms with Crippen LogP contribution in [0.2, 0.25) is 10.0 Å². The summed E-state index contributed by atoms with van der Waals surface area (Å²) in [5, 5.41) is 10.8. The number of hydrogen-bond acceptors (Lipinski definition) is 2. The summed E-state index contributed by atoms with van der Waals surface area (Å²) in [6, 6.07) is 10.6. The first-order valence-corrected chi connectivity index (χ1v) is 9.99. The van der Waals surface area contributed by atoms with E-state index in [0.29, 0.717) is 27.7 Å². The molecule has 2 heterocycles. The summed E-state index contributed by atoms with van der Waals surface area (Å²) in [4.78, 5) is 24.7. The molecule has 5 nitrogen and oxygen atoms in total. The highest BCUT2D eigenvalue weighted by molar-refractivity contribution is 6.30. The standard InChI is InChI=1S/C22H22Cl2N2O3/c1-13(2)26-9-8-18(22(28)29)20(26)19(14-4-6-16(23)7-5-14)11-15-10-17(24)12-25(3)21(15)27/h4-10,12-13,19H,11H2,1-3H3,(H,28,29). The largest absolute Gasteiger partial charge is 0.478 e. The van der Waals surface area contributed by atoms with Gasteiger partial charge in [0.25, 0.3) is 5.56 Å². The summed E-state index contributed by atoms with van der Waals surface area (Å²) in [6.45, 7) is 3.99. The van der Waals surface area contributed by atoms with Gasteiger partial charge < -0.3 is 14.2 Å². The Hall–Kier alpha value is -2.50. The van der Waals surface area contributed by atoms with Crippen molar-refractivity contribution in [1.82, 2.24) is 9.13 Å². The Kier molecular flexibility index (Phi) is 6.20. The lowest BCUT2D eigenvalue weighted by molar-refractivity contribution is 0.0695. The fourth-order valence-electron chi connectivity index (χ4n) is 3.63. The Bertz CT molecular complexity index is 1100. The zero-order chi connectivity index (χ0) is 21.3. The molecule has 1 unspecified atom stereocenters. The number of hydrogen-bond donors (Lipinski definition) is 1. The molecule has 2 aromatic heterocycles. The molecule has 152 valence electrons. The van der Waals surface area contributed by atoms with Gasteiger partial charge in [-0.3, -0.25) is 4.79 Å². The van der Waals surface area contributed by atoms with Crippen LogP contribution >= 0.6 is 23.2 Å². The molecule has 3 rings (SSSR count). The van der Waals surface area contributed by atoms with Crippen LogP contribution in [-0.4, -0.2) is 20.2 Å². The first-order chi connectivity index (χ1) is 13.7. The lowest BCUT2D eigenvalue weighted by atomic mass is 9.87. The van der Waals surface area contributed by atoms with Gasteiger partial charge in [0, 0.05) is 47.7 Å². The fourth-order valence-corrected chi connectivity index (χ4v) is 4.03. The molecule has 0 saturated carbocycles. The van der Waals surface area contributed by atoms with Gasteiger partial charge in [0.15, 0.2) is 0 Å². The molecule has 0 spiro atoms. The van der Waals surface area contributed by atoms with Crippen LogP contribution in [0.25, 0.3) is 0 Å². The van der Waals surface area contributed by atoms with E-state index in [0.717, 1.165) is 5.56 Å². The molecule has 7 heteroatoms. The number of rotatable bonds is 6. The predicted molar refractivity (Wildman–Crippen MR) is 115 cm³/mol. The second kappa shape index (κ2) is 8.47. The number of carboxylic acids is 1. The van der Waals surface area contributed by atoms with Gasteiger partial charge in [0.05, 0.1) is 10.6 Å². The summed E-state index contributed by atoms with van der Waals surface area (Å²) >= 11 is 12.2. The monoisotopic (exact) mass is 432 g/mol. The van der Waals surface area contributed by atoms with Crippen molar-refractivity contribution in [3.05, 3.63) is 91.6 Å². The second-order valence-electron chi connectivity index (χ2n) is 7.33. The van der Waals surface area contributed by atoms with Gasteiger partial charge in [-0.2, -0.15) is 0 Å². The van der Waals surface area contributed by atoms with E-state index in [1.54, 1.807) is 43.7 Å². The maximum absolute atomic E-state index is 12.7. The quantitative estimate of drug-likeness (QED) is 0.585. The molecule has 1 atom stereocenters. The summed E-state index contributed by atoms with van der Waals surface area (Å²) in [6.07, 6.45) is 3.65. The van der Waals surface area contributed by atoms with Crippen molar-refractivity contribution in [2.45, 2.75) is 32.2 Å². The Morgan fingerprint density at radius 3 is 2.34 bits per heavy atom. The number of halogens is 2. The molecule has 29 heavy (non-hydrogen) atoms. The van der Waals surface area contributed by atoms with E-state index >= 15 is 0 Å². The zero-order valence-corrected chi connectivity index (χ0v) is 17.9. The molecule has 0 aliphatic rings. The molecule has 1 aromatic carbocycles. The van der Waals surface area contributed by atoms with Crippen LogP contribution in [0, 0.1) is 0 Å². The molecular weight excluding hydrogens is 411 g/mol. The van der Waals surface area contributed by atoms with Gasteiger partial charge in [-0.05, 0) is 50.1 Å². The van der Waals surface area contributed by atoms with E-state index in [2.05, 4.69) is 0 Å². The van der Waals surface area contributed by atoms with Crippen molar-refractivity contribution in [2.75, 3.05) is 0 Å². The number of carboxylic acid groups (broad SMARTS) is 1. The smallest absolute Gasteiger partial charge is 0.337 e. The highest BCUT2D eigenvalue weighted by Crippen LogP contribution is 2.34. The highest BCUT2D eigenvalue weighted by atomic mass is 35.5. The van der Waals surface area contributed by atoms with Gasteiger partial charge in [0.2, 0.25) is 0 Å². The molecule has 0 fully saturated rings. The molecule has 0 bridgehead atoms. The van der Waals surface area contributed by atoms with Crippen LogP contribution in [0.15, 0.2) is 53.6 Å². The third kappa shape index (κ3) is 4.41. The molecular formula is C22H22Cl2N2O3. The number of benzene rings is 1. The van der Waals surface area contributed by atoms with Gasteiger partial charge in [-0.25, -0.2) is 4.79 Å². The number of carbonyl (C=O) groups is 1. The molecule has 3 aromatic rings. The first-order valence-electron chi connectivity index (χ1n) is 9.23. The molecule has 0 saturated heterocycles. The van der Waals surface area contributed by atoms with E-state index in [1.807, 2.05) is 30.5 Å². The molecule has 0 radical (unpaired) electrons. The number of aromatic nitrogens is 2. The minimum absolute atomic E-state index is 0.0510. The first kappa shape index (κ1) is 21.2. The van der Waals surface area contributed by atoms with Crippen molar-refractivity contribution < 1.29 is 9.90 Å². The van der Waals surface area contributed by atoms with Crippen LogP contribution in [0.5, 0.6) is 0 Å². The lowest BCUT2D eigenvalue weighted by Gasteiger charge is -2.23. The van der Waals surface area contributed by atoms with Gasteiger partial charge in [-0.15, -0.1) is 0 Å². The maximum Gasteiger partial charge on any atom is 0.337 e.